The van der Waals surface area contributed by atoms with Gasteiger partial charge in [0.15, 0.2) is 17.4 Å². The molecule has 1 heterocycles. The number of carbonyl (C=O) groups excluding carboxylic acids is 1. The minimum absolute atomic E-state index is 0.166. The molecular weight excluding hydrogens is 262 g/mol. The van der Waals surface area contributed by atoms with Gasteiger partial charge >= 0.3 is 0 Å². The van der Waals surface area contributed by atoms with Crippen LogP contribution in [0.4, 0.5) is 8.78 Å². The fraction of sp³-hybridized carbons (Fsp3) is 0.533. The minimum Gasteiger partial charge on any atom is -0.301 e. The van der Waals surface area contributed by atoms with E-state index in [2.05, 4.69) is 23.8 Å². The Morgan fingerprint density at radius 1 is 1.30 bits per heavy atom. The Morgan fingerprint density at radius 2 is 2.00 bits per heavy atom. The number of halogens is 2. The zero-order chi connectivity index (χ0) is 14.9. The van der Waals surface area contributed by atoms with E-state index in [9.17, 15) is 13.6 Å². The average molecular weight is 282 g/mol. The smallest absolute Gasteiger partial charge is 0.179 e. The predicted molar refractivity (Wildman–Crippen MR) is 73.8 cm³/mol. The third-order valence-electron chi connectivity index (χ3n) is 4.12. The molecule has 3 nitrogen and oxygen atoms in total. The van der Waals surface area contributed by atoms with E-state index in [0.29, 0.717) is 6.04 Å². The topological polar surface area (TPSA) is 23.6 Å². The minimum atomic E-state index is -0.977. The van der Waals surface area contributed by atoms with Crippen LogP contribution in [0.5, 0.6) is 0 Å². The number of hydrogen-bond donors (Lipinski definition) is 0. The maximum atomic E-state index is 13.2. The highest BCUT2D eigenvalue weighted by Crippen LogP contribution is 2.16. The first kappa shape index (κ1) is 15.1. The molecule has 1 aromatic carbocycles. The van der Waals surface area contributed by atoms with Crippen LogP contribution in [0.1, 0.15) is 24.2 Å². The summed E-state index contributed by atoms with van der Waals surface area (Å²) in [6, 6.07) is 3.38. The van der Waals surface area contributed by atoms with Crippen LogP contribution in [-0.2, 0) is 0 Å². The van der Waals surface area contributed by atoms with E-state index in [1.54, 1.807) is 0 Å². The Morgan fingerprint density at radius 3 is 2.60 bits per heavy atom. The van der Waals surface area contributed by atoms with Gasteiger partial charge in [0.05, 0.1) is 6.04 Å². The van der Waals surface area contributed by atoms with Crippen LogP contribution in [0.3, 0.4) is 0 Å². The molecule has 0 amide bonds. The van der Waals surface area contributed by atoms with Crippen LogP contribution in [0.2, 0.25) is 0 Å². The highest BCUT2D eigenvalue weighted by Gasteiger charge is 2.28. The summed E-state index contributed by atoms with van der Waals surface area (Å²) in [5.41, 5.74) is 0.225. The zero-order valence-corrected chi connectivity index (χ0v) is 12.1. The van der Waals surface area contributed by atoms with Gasteiger partial charge in [-0.25, -0.2) is 8.78 Å². The van der Waals surface area contributed by atoms with Crippen molar-refractivity contribution < 1.29 is 13.6 Å². The van der Waals surface area contributed by atoms with Gasteiger partial charge in [-0.3, -0.25) is 9.69 Å². The summed E-state index contributed by atoms with van der Waals surface area (Å²) in [6.07, 6.45) is 0. The van der Waals surface area contributed by atoms with Crippen molar-refractivity contribution in [3.05, 3.63) is 35.4 Å². The standard InChI is InChI=1S/C15H20F2N2O/c1-10-9-19(7-6-18(10)3)11(2)15(20)12-4-5-13(16)14(17)8-12/h4-5,8,10-11H,6-7,9H2,1-3H3. The molecule has 0 aromatic heterocycles. The summed E-state index contributed by atoms with van der Waals surface area (Å²) in [7, 11) is 2.06. The zero-order valence-electron chi connectivity index (χ0n) is 12.1. The number of likely N-dealkylation sites (N-methyl/N-ethyl adjacent to an activating group) is 1. The molecule has 1 aromatic rings. The second kappa shape index (κ2) is 5.97. The molecular formula is C15H20F2N2O. The molecule has 2 rings (SSSR count). The molecule has 0 bridgehead atoms. The van der Waals surface area contributed by atoms with E-state index in [-0.39, 0.29) is 17.4 Å². The van der Waals surface area contributed by atoms with E-state index < -0.39 is 11.6 Å². The second-order valence-electron chi connectivity index (χ2n) is 5.49. The molecule has 0 spiro atoms. The fourth-order valence-electron chi connectivity index (χ4n) is 2.48. The average Bonchev–Trinajstić information content (AvgIpc) is 2.43. The van der Waals surface area contributed by atoms with Crippen molar-refractivity contribution in [2.75, 3.05) is 26.7 Å². The molecule has 1 saturated heterocycles. The molecule has 2 atom stereocenters. The molecule has 0 saturated carbocycles. The van der Waals surface area contributed by atoms with Gasteiger partial charge in [0.1, 0.15) is 0 Å². The molecule has 110 valence electrons. The lowest BCUT2D eigenvalue weighted by molar-refractivity contribution is 0.0603. The molecule has 1 aliphatic rings. The Balaban J connectivity index is 2.10. The number of hydrogen-bond acceptors (Lipinski definition) is 3. The van der Waals surface area contributed by atoms with Crippen LogP contribution >= 0.6 is 0 Å². The van der Waals surface area contributed by atoms with E-state index in [4.69, 9.17) is 0 Å². The summed E-state index contributed by atoms with van der Waals surface area (Å²) in [6.45, 7) is 6.43. The lowest BCUT2D eigenvalue weighted by atomic mass is 10.0. The van der Waals surface area contributed by atoms with Gasteiger partial charge in [0.25, 0.3) is 0 Å². The van der Waals surface area contributed by atoms with Crippen molar-refractivity contribution in [3.63, 3.8) is 0 Å². The highest BCUT2D eigenvalue weighted by molar-refractivity contribution is 5.99. The molecule has 1 fully saturated rings. The van der Waals surface area contributed by atoms with Gasteiger partial charge in [-0.2, -0.15) is 0 Å². The molecule has 2 unspecified atom stereocenters. The molecule has 0 radical (unpaired) electrons. The third-order valence-corrected chi connectivity index (χ3v) is 4.12. The van der Waals surface area contributed by atoms with Crippen LogP contribution in [0.15, 0.2) is 18.2 Å². The maximum absolute atomic E-state index is 13.2. The van der Waals surface area contributed by atoms with Crippen molar-refractivity contribution in [2.24, 2.45) is 0 Å². The predicted octanol–water partition coefficient (Wildman–Crippen LogP) is 2.17. The Bertz CT molecular complexity index is 507. The van der Waals surface area contributed by atoms with E-state index in [1.165, 1.54) is 6.07 Å². The molecule has 5 heteroatoms. The second-order valence-corrected chi connectivity index (χ2v) is 5.49. The van der Waals surface area contributed by atoms with Gasteiger partial charge in [-0.05, 0) is 39.1 Å². The van der Waals surface area contributed by atoms with Crippen molar-refractivity contribution in [1.29, 1.82) is 0 Å². The van der Waals surface area contributed by atoms with Gasteiger partial charge < -0.3 is 4.90 Å². The van der Waals surface area contributed by atoms with Gasteiger partial charge in [-0.15, -0.1) is 0 Å². The van der Waals surface area contributed by atoms with E-state index in [1.807, 2.05) is 6.92 Å². The van der Waals surface area contributed by atoms with Crippen LogP contribution in [0.25, 0.3) is 0 Å². The fourth-order valence-corrected chi connectivity index (χ4v) is 2.48. The maximum Gasteiger partial charge on any atom is 0.179 e. The van der Waals surface area contributed by atoms with Crippen LogP contribution in [-0.4, -0.2) is 54.3 Å². The van der Waals surface area contributed by atoms with Crippen molar-refractivity contribution >= 4 is 5.78 Å². The number of carbonyl (C=O) groups is 1. The summed E-state index contributed by atoms with van der Waals surface area (Å²) in [5.74, 6) is -2.07. The summed E-state index contributed by atoms with van der Waals surface area (Å²) < 4.78 is 26.1. The third kappa shape index (κ3) is 3.04. The summed E-state index contributed by atoms with van der Waals surface area (Å²) >= 11 is 0. The lowest BCUT2D eigenvalue weighted by Gasteiger charge is -2.40. The largest absolute Gasteiger partial charge is 0.301 e. The van der Waals surface area contributed by atoms with Crippen molar-refractivity contribution in [3.8, 4) is 0 Å². The van der Waals surface area contributed by atoms with E-state index >= 15 is 0 Å². The van der Waals surface area contributed by atoms with E-state index in [0.717, 1.165) is 31.8 Å². The number of benzene rings is 1. The number of ketones is 1. The van der Waals surface area contributed by atoms with Crippen molar-refractivity contribution in [2.45, 2.75) is 25.9 Å². The Labute approximate surface area is 118 Å². The molecule has 0 aliphatic carbocycles. The number of rotatable bonds is 3. The quantitative estimate of drug-likeness (QED) is 0.794. The lowest BCUT2D eigenvalue weighted by Crippen LogP contribution is -2.54. The number of nitrogens with zero attached hydrogens (tertiary/aromatic N) is 2. The van der Waals surface area contributed by atoms with Crippen molar-refractivity contribution in [1.82, 2.24) is 9.80 Å². The summed E-state index contributed by atoms with van der Waals surface area (Å²) in [5, 5.41) is 0. The van der Waals surface area contributed by atoms with Gasteiger partial charge in [0.2, 0.25) is 0 Å². The van der Waals surface area contributed by atoms with Crippen LogP contribution < -0.4 is 0 Å². The summed E-state index contributed by atoms with van der Waals surface area (Å²) in [4.78, 5) is 16.7. The molecule has 20 heavy (non-hydrogen) atoms. The highest BCUT2D eigenvalue weighted by atomic mass is 19.2. The first-order valence-electron chi connectivity index (χ1n) is 6.83. The van der Waals surface area contributed by atoms with Gasteiger partial charge in [-0.1, -0.05) is 0 Å². The van der Waals surface area contributed by atoms with Gasteiger partial charge in [0, 0.05) is 31.2 Å². The molecule has 0 N–H and O–H groups in total. The first-order chi connectivity index (χ1) is 9.40. The monoisotopic (exact) mass is 282 g/mol. The normalized spacial score (nSPS) is 22.8. The Kier molecular flexibility index (Phi) is 4.50. The number of Topliss-reactive ketones (excluding diaryl/α,β-unsaturated/α-hetero) is 1. The molecule has 1 aliphatic heterocycles. The van der Waals surface area contributed by atoms with Crippen LogP contribution in [0, 0.1) is 11.6 Å². The Hall–Kier alpha value is -1.33. The SMILES string of the molecule is CC1CN(C(C)C(=O)c2ccc(F)c(F)c2)CCN1C. The number of piperazine rings is 1. The first-order valence-corrected chi connectivity index (χ1v) is 6.83.